The fourth-order valence-electron chi connectivity index (χ4n) is 2.92. The van der Waals surface area contributed by atoms with Crippen LogP contribution in [0.3, 0.4) is 0 Å². The first-order valence-corrected chi connectivity index (χ1v) is 10.6. The zero-order chi connectivity index (χ0) is 21.2. The lowest BCUT2D eigenvalue weighted by Gasteiger charge is -2.36. The van der Waals surface area contributed by atoms with E-state index >= 15 is 0 Å². The minimum Gasteiger partial charge on any atom is -0.449 e. The van der Waals surface area contributed by atoms with Crippen LogP contribution < -0.4 is 0 Å². The van der Waals surface area contributed by atoms with E-state index in [0.29, 0.717) is 13.1 Å². The lowest BCUT2D eigenvalue weighted by Crippen LogP contribution is -2.51. The van der Waals surface area contributed by atoms with Crippen LogP contribution in [0.5, 0.6) is 0 Å². The van der Waals surface area contributed by atoms with Crippen molar-refractivity contribution >= 4 is 33.5 Å². The van der Waals surface area contributed by atoms with Crippen molar-refractivity contribution in [3.8, 4) is 0 Å². The number of hydrogen-bond acceptors (Lipinski definition) is 6. The zero-order valence-electron chi connectivity index (χ0n) is 16.5. The predicted molar refractivity (Wildman–Crippen MR) is 104 cm³/mol. The largest absolute Gasteiger partial charge is 0.449 e. The first kappa shape index (κ1) is 22.6. The molecule has 0 spiro atoms. The Morgan fingerprint density at radius 1 is 1.25 bits per heavy atom. The van der Waals surface area contributed by atoms with Crippen molar-refractivity contribution in [1.29, 1.82) is 0 Å². The van der Waals surface area contributed by atoms with Crippen molar-refractivity contribution in [3.05, 3.63) is 28.8 Å². The van der Waals surface area contributed by atoms with Crippen LogP contribution in [-0.4, -0.2) is 75.0 Å². The molecule has 3 atom stereocenters. The third-order valence-corrected chi connectivity index (χ3v) is 6.59. The van der Waals surface area contributed by atoms with Crippen LogP contribution in [0.15, 0.2) is 23.1 Å². The number of rotatable bonds is 5. The summed E-state index contributed by atoms with van der Waals surface area (Å²) in [5.41, 5.74) is -0.00631. The van der Waals surface area contributed by atoms with Crippen molar-refractivity contribution in [2.45, 2.75) is 44.0 Å². The average molecular weight is 433 g/mol. The quantitative estimate of drug-likeness (QED) is 0.658. The number of hydrogen-bond donors (Lipinski definition) is 0. The van der Waals surface area contributed by atoms with Gasteiger partial charge in [-0.3, -0.25) is 4.79 Å². The standard InChI is InChI=1S/C18H25ClN2O6S/c1-11-9-21(10-12(2)26-11)17(22)13(3)27-18(23)14-6-7-15(19)16(8-14)28(24,25)20(4)5/h6-8,11-13H,9-10H2,1-5H3. The molecule has 2 rings (SSSR count). The minimum absolute atomic E-state index is 0.00631. The summed E-state index contributed by atoms with van der Waals surface area (Å²) in [5, 5.41) is -0.00864. The lowest BCUT2D eigenvalue weighted by molar-refractivity contribution is -0.151. The SMILES string of the molecule is CC1CN(C(=O)C(C)OC(=O)c2ccc(Cl)c(S(=O)(=O)N(C)C)c2)CC(C)O1. The van der Waals surface area contributed by atoms with Crippen LogP contribution in [0.1, 0.15) is 31.1 Å². The van der Waals surface area contributed by atoms with Crippen LogP contribution in [0.2, 0.25) is 5.02 Å². The molecule has 0 N–H and O–H groups in total. The molecular formula is C18H25ClN2O6S. The molecule has 3 unspecified atom stereocenters. The second kappa shape index (κ2) is 8.77. The molecule has 0 bridgehead atoms. The summed E-state index contributed by atoms with van der Waals surface area (Å²) in [5.74, 6) is -1.13. The Morgan fingerprint density at radius 3 is 2.36 bits per heavy atom. The number of halogens is 1. The van der Waals surface area contributed by atoms with Gasteiger partial charge >= 0.3 is 5.97 Å². The Labute approximate surface area is 170 Å². The third kappa shape index (κ3) is 5.02. The van der Waals surface area contributed by atoms with Crippen LogP contribution >= 0.6 is 11.6 Å². The molecule has 8 nitrogen and oxygen atoms in total. The van der Waals surface area contributed by atoms with Crippen molar-refractivity contribution in [1.82, 2.24) is 9.21 Å². The number of ether oxygens (including phenoxy) is 2. The molecule has 1 aliphatic rings. The molecule has 1 fully saturated rings. The van der Waals surface area contributed by atoms with Gasteiger partial charge in [-0.2, -0.15) is 0 Å². The number of amides is 1. The number of morpholine rings is 1. The van der Waals surface area contributed by atoms with Gasteiger partial charge in [-0.1, -0.05) is 11.6 Å². The maximum absolute atomic E-state index is 12.6. The first-order valence-electron chi connectivity index (χ1n) is 8.80. The maximum Gasteiger partial charge on any atom is 0.338 e. The molecule has 0 aliphatic carbocycles. The van der Waals surface area contributed by atoms with Crippen molar-refractivity contribution in [2.75, 3.05) is 27.2 Å². The molecule has 10 heteroatoms. The lowest BCUT2D eigenvalue weighted by atomic mass is 10.2. The molecule has 0 saturated carbocycles. The van der Waals surface area contributed by atoms with Crippen molar-refractivity contribution in [3.63, 3.8) is 0 Å². The Balaban J connectivity index is 2.15. The zero-order valence-corrected chi connectivity index (χ0v) is 18.1. The van der Waals surface area contributed by atoms with Crippen molar-refractivity contribution in [2.24, 2.45) is 0 Å². The van der Waals surface area contributed by atoms with E-state index in [0.717, 1.165) is 10.4 Å². The summed E-state index contributed by atoms with van der Waals surface area (Å²) in [6.07, 6.45) is -1.23. The maximum atomic E-state index is 12.6. The summed E-state index contributed by atoms with van der Waals surface area (Å²) in [6.45, 7) is 6.05. The molecule has 1 amide bonds. The molecule has 1 saturated heterocycles. The predicted octanol–water partition coefficient (Wildman–Crippen LogP) is 1.77. The van der Waals surface area contributed by atoms with Crippen LogP contribution in [-0.2, 0) is 24.3 Å². The third-order valence-electron chi connectivity index (χ3n) is 4.29. The highest BCUT2D eigenvalue weighted by molar-refractivity contribution is 7.89. The van der Waals surface area contributed by atoms with E-state index in [1.165, 1.54) is 33.2 Å². The van der Waals surface area contributed by atoms with E-state index < -0.39 is 22.1 Å². The van der Waals surface area contributed by atoms with Crippen LogP contribution in [0, 0.1) is 0 Å². The van der Waals surface area contributed by atoms with Gasteiger partial charge in [-0.15, -0.1) is 0 Å². The number of benzene rings is 1. The minimum atomic E-state index is -3.83. The van der Waals surface area contributed by atoms with E-state index in [1.807, 2.05) is 13.8 Å². The second-order valence-electron chi connectivity index (χ2n) is 6.98. The summed E-state index contributed by atoms with van der Waals surface area (Å²) in [7, 11) is -1.11. The Bertz CT molecular complexity index is 848. The van der Waals surface area contributed by atoms with E-state index in [2.05, 4.69) is 0 Å². The number of sulfonamides is 1. The van der Waals surface area contributed by atoms with E-state index in [-0.39, 0.29) is 33.6 Å². The van der Waals surface area contributed by atoms with Gasteiger partial charge < -0.3 is 14.4 Å². The Morgan fingerprint density at radius 2 is 1.82 bits per heavy atom. The topological polar surface area (TPSA) is 93.2 Å². The molecule has 28 heavy (non-hydrogen) atoms. The van der Waals surface area contributed by atoms with Crippen LogP contribution in [0.4, 0.5) is 0 Å². The average Bonchev–Trinajstić information content (AvgIpc) is 2.60. The Kier molecular flexibility index (Phi) is 7.08. The van der Waals surface area contributed by atoms with Crippen molar-refractivity contribution < 1.29 is 27.5 Å². The number of nitrogens with zero attached hydrogens (tertiary/aromatic N) is 2. The monoisotopic (exact) mass is 432 g/mol. The fraction of sp³-hybridized carbons (Fsp3) is 0.556. The van der Waals surface area contributed by atoms with Gasteiger partial charge in [0.25, 0.3) is 5.91 Å². The van der Waals surface area contributed by atoms with E-state index in [9.17, 15) is 18.0 Å². The molecule has 1 heterocycles. The highest BCUT2D eigenvalue weighted by atomic mass is 35.5. The molecule has 1 aliphatic heterocycles. The molecule has 156 valence electrons. The summed E-state index contributed by atoms with van der Waals surface area (Å²) >= 11 is 5.98. The molecule has 0 radical (unpaired) electrons. The highest BCUT2D eigenvalue weighted by Gasteiger charge is 2.31. The molecule has 1 aromatic rings. The van der Waals surface area contributed by atoms with Gasteiger partial charge in [0, 0.05) is 27.2 Å². The molecule has 1 aromatic carbocycles. The Hall–Kier alpha value is -1.68. The van der Waals surface area contributed by atoms with Gasteiger partial charge in [-0.25, -0.2) is 17.5 Å². The van der Waals surface area contributed by atoms with Gasteiger partial charge in [-0.05, 0) is 39.0 Å². The first-order chi connectivity index (χ1) is 12.9. The molecular weight excluding hydrogens is 408 g/mol. The van der Waals surface area contributed by atoms with E-state index in [1.54, 1.807) is 4.90 Å². The second-order valence-corrected chi connectivity index (χ2v) is 9.51. The smallest absolute Gasteiger partial charge is 0.338 e. The summed E-state index contributed by atoms with van der Waals surface area (Å²) < 4.78 is 36.5. The van der Waals surface area contributed by atoms with Gasteiger partial charge in [0.1, 0.15) is 4.90 Å². The summed E-state index contributed by atoms with van der Waals surface area (Å²) in [6, 6.07) is 3.82. The van der Waals surface area contributed by atoms with Gasteiger partial charge in [0.2, 0.25) is 10.0 Å². The fourth-order valence-corrected chi connectivity index (χ4v) is 4.31. The number of esters is 1. The highest BCUT2D eigenvalue weighted by Crippen LogP contribution is 2.25. The van der Waals surface area contributed by atoms with Gasteiger partial charge in [0.15, 0.2) is 6.10 Å². The summed E-state index contributed by atoms with van der Waals surface area (Å²) in [4.78, 5) is 26.4. The van der Waals surface area contributed by atoms with Gasteiger partial charge in [0.05, 0.1) is 22.8 Å². The molecule has 0 aromatic heterocycles. The van der Waals surface area contributed by atoms with E-state index in [4.69, 9.17) is 21.1 Å². The van der Waals surface area contributed by atoms with Crippen LogP contribution in [0.25, 0.3) is 0 Å². The normalized spacial score (nSPS) is 21.5. The number of carbonyl (C=O) groups is 2. The number of carbonyl (C=O) groups excluding carboxylic acids is 2.